The summed E-state index contributed by atoms with van der Waals surface area (Å²) in [5, 5.41) is 13.3. The molecule has 21 heavy (non-hydrogen) atoms. The SMILES string of the molecule is C[N+](C)(C)CCNC(=O)c1c(O)c2ccccc2[nH]c1=O. The van der Waals surface area contributed by atoms with Gasteiger partial charge < -0.3 is 19.9 Å². The Labute approximate surface area is 122 Å². The largest absolute Gasteiger partial charge is 0.506 e. The van der Waals surface area contributed by atoms with Crippen LogP contribution in [0.4, 0.5) is 0 Å². The van der Waals surface area contributed by atoms with E-state index in [1.54, 1.807) is 24.3 Å². The smallest absolute Gasteiger partial charge is 0.265 e. The Bertz CT molecular complexity index is 729. The molecular formula is C15H20N3O3+. The van der Waals surface area contributed by atoms with Gasteiger partial charge in [-0.05, 0) is 12.1 Å². The average Bonchev–Trinajstić information content (AvgIpc) is 2.37. The van der Waals surface area contributed by atoms with Crippen molar-refractivity contribution in [3.8, 4) is 5.75 Å². The second kappa shape index (κ2) is 5.57. The monoisotopic (exact) mass is 290 g/mol. The van der Waals surface area contributed by atoms with Gasteiger partial charge in [0.1, 0.15) is 11.3 Å². The molecule has 1 amide bonds. The second-order valence-corrected chi connectivity index (χ2v) is 5.99. The van der Waals surface area contributed by atoms with E-state index in [0.717, 1.165) is 6.54 Å². The molecule has 2 rings (SSSR count). The summed E-state index contributed by atoms with van der Waals surface area (Å²) in [6.45, 7) is 1.14. The van der Waals surface area contributed by atoms with Crippen LogP contribution in [0.15, 0.2) is 29.1 Å². The number of nitrogens with one attached hydrogen (secondary N) is 2. The molecule has 0 bridgehead atoms. The molecule has 0 unspecified atom stereocenters. The number of likely N-dealkylation sites (N-methyl/N-ethyl adjacent to an activating group) is 1. The number of H-pyrrole nitrogens is 1. The minimum absolute atomic E-state index is 0.241. The number of hydrogen-bond acceptors (Lipinski definition) is 3. The summed E-state index contributed by atoms with van der Waals surface area (Å²) in [6, 6.07) is 6.82. The normalized spacial score (nSPS) is 11.6. The van der Waals surface area contributed by atoms with Crippen molar-refractivity contribution in [2.75, 3.05) is 34.2 Å². The Morgan fingerprint density at radius 3 is 2.62 bits per heavy atom. The van der Waals surface area contributed by atoms with E-state index in [0.29, 0.717) is 21.9 Å². The van der Waals surface area contributed by atoms with E-state index in [2.05, 4.69) is 10.3 Å². The number of rotatable bonds is 4. The van der Waals surface area contributed by atoms with Crippen LogP contribution in [0.2, 0.25) is 0 Å². The third kappa shape index (κ3) is 3.41. The van der Waals surface area contributed by atoms with Gasteiger partial charge in [0, 0.05) is 5.39 Å². The Balaban J connectivity index is 2.29. The molecule has 0 fully saturated rings. The molecule has 6 nitrogen and oxygen atoms in total. The third-order valence-electron chi connectivity index (χ3n) is 3.19. The van der Waals surface area contributed by atoms with Gasteiger partial charge in [0.25, 0.3) is 11.5 Å². The maximum absolute atomic E-state index is 12.1. The van der Waals surface area contributed by atoms with Gasteiger partial charge in [0.05, 0.1) is 39.7 Å². The van der Waals surface area contributed by atoms with Crippen molar-refractivity contribution < 1.29 is 14.4 Å². The number of aromatic nitrogens is 1. The highest BCUT2D eigenvalue weighted by Crippen LogP contribution is 2.24. The van der Waals surface area contributed by atoms with Crippen LogP contribution in [-0.4, -0.2) is 54.7 Å². The van der Waals surface area contributed by atoms with Crippen molar-refractivity contribution in [1.29, 1.82) is 0 Å². The van der Waals surface area contributed by atoms with Gasteiger partial charge in [0.15, 0.2) is 0 Å². The maximum Gasteiger partial charge on any atom is 0.265 e. The number of pyridine rings is 1. The molecule has 1 aromatic carbocycles. The van der Waals surface area contributed by atoms with Crippen LogP contribution in [0.3, 0.4) is 0 Å². The number of carbonyl (C=O) groups is 1. The molecule has 1 aromatic heterocycles. The highest BCUT2D eigenvalue weighted by molar-refractivity contribution is 6.01. The first-order chi connectivity index (χ1) is 9.79. The summed E-state index contributed by atoms with van der Waals surface area (Å²) in [5.74, 6) is -0.843. The van der Waals surface area contributed by atoms with Gasteiger partial charge >= 0.3 is 0 Å². The lowest BCUT2D eigenvalue weighted by Crippen LogP contribution is -2.42. The van der Waals surface area contributed by atoms with Crippen molar-refractivity contribution in [3.05, 3.63) is 40.2 Å². The van der Waals surface area contributed by atoms with E-state index in [1.807, 2.05) is 21.1 Å². The van der Waals surface area contributed by atoms with Crippen molar-refractivity contribution in [2.24, 2.45) is 0 Å². The van der Waals surface area contributed by atoms with E-state index >= 15 is 0 Å². The fraction of sp³-hybridized carbons (Fsp3) is 0.333. The Morgan fingerprint density at radius 2 is 1.95 bits per heavy atom. The lowest BCUT2D eigenvalue weighted by Gasteiger charge is -2.23. The van der Waals surface area contributed by atoms with E-state index in [9.17, 15) is 14.7 Å². The standard InChI is InChI=1S/C15H19N3O3/c1-18(2,3)9-8-16-14(20)12-13(19)10-6-4-5-7-11(10)17-15(12)21/h4-7H,8-9H2,1-3H3,(H2-,16,17,19,20,21)/p+1. The quantitative estimate of drug-likeness (QED) is 0.724. The molecule has 6 heteroatoms. The van der Waals surface area contributed by atoms with Gasteiger partial charge in [-0.25, -0.2) is 0 Å². The molecule has 0 saturated heterocycles. The number of carbonyl (C=O) groups excluding carboxylic acids is 1. The van der Waals surface area contributed by atoms with E-state index < -0.39 is 11.5 Å². The van der Waals surface area contributed by atoms with Crippen LogP contribution in [0.1, 0.15) is 10.4 Å². The Morgan fingerprint density at radius 1 is 1.29 bits per heavy atom. The average molecular weight is 290 g/mol. The highest BCUT2D eigenvalue weighted by atomic mass is 16.3. The van der Waals surface area contributed by atoms with Gasteiger partial charge in [-0.3, -0.25) is 9.59 Å². The summed E-state index contributed by atoms with van der Waals surface area (Å²) in [4.78, 5) is 26.7. The summed E-state index contributed by atoms with van der Waals surface area (Å²) >= 11 is 0. The number of fused-ring (bicyclic) bond motifs is 1. The molecule has 0 saturated carbocycles. The predicted octanol–water partition coefficient (Wildman–Crippen LogP) is 0.670. The molecule has 0 aliphatic rings. The molecule has 1 heterocycles. The van der Waals surface area contributed by atoms with Crippen LogP contribution in [0.25, 0.3) is 10.9 Å². The number of quaternary nitrogens is 1. The van der Waals surface area contributed by atoms with Crippen molar-refractivity contribution in [3.63, 3.8) is 0 Å². The molecule has 2 aromatic rings. The number of aromatic hydroxyl groups is 1. The maximum atomic E-state index is 12.1. The van der Waals surface area contributed by atoms with Gasteiger partial charge in [-0.2, -0.15) is 0 Å². The molecule has 0 aliphatic carbocycles. The topological polar surface area (TPSA) is 82.2 Å². The lowest BCUT2D eigenvalue weighted by molar-refractivity contribution is -0.869. The Kier molecular flexibility index (Phi) is 3.99. The zero-order valence-corrected chi connectivity index (χ0v) is 12.4. The third-order valence-corrected chi connectivity index (χ3v) is 3.19. The molecule has 3 N–H and O–H groups in total. The van der Waals surface area contributed by atoms with Crippen molar-refractivity contribution >= 4 is 16.8 Å². The summed E-state index contributed by atoms with van der Waals surface area (Å²) in [5.41, 5.74) is -0.327. The minimum atomic E-state index is -0.589. The van der Waals surface area contributed by atoms with Gasteiger partial charge in [-0.15, -0.1) is 0 Å². The Hall–Kier alpha value is -2.34. The first-order valence-electron chi connectivity index (χ1n) is 6.72. The highest BCUT2D eigenvalue weighted by Gasteiger charge is 2.19. The van der Waals surface area contributed by atoms with Crippen molar-refractivity contribution in [1.82, 2.24) is 10.3 Å². The number of benzene rings is 1. The fourth-order valence-electron chi connectivity index (χ4n) is 2.03. The lowest BCUT2D eigenvalue weighted by atomic mass is 10.1. The molecule has 0 radical (unpaired) electrons. The molecule has 0 aliphatic heterocycles. The van der Waals surface area contributed by atoms with Crippen LogP contribution in [0, 0.1) is 0 Å². The zero-order valence-electron chi connectivity index (χ0n) is 12.4. The first-order valence-corrected chi connectivity index (χ1v) is 6.72. The van der Waals surface area contributed by atoms with Gasteiger partial charge in [-0.1, -0.05) is 12.1 Å². The summed E-state index contributed by atoms with van der Waals surface area (Å²) in [7, 11) is 6.02. The summed E-state index contributed by atoms with van der Waals surface area (Å²) < 4.78 is 0.695. The van der Waals surface area contributed by atoms with Crippen LogP contribution < -0.4 is 10.9 Å². The molecule has 0 atom stereocenters. The number of para-hydroxylation sites is 1. The molecular weight excluding hydrogens is 270 g/mol. The minimum Gasteiger partial charge on any atom is -0.506 e. The number of nitrogens with zero attached hydrogens (tertiary/aromatic N) is 1. The van der Waals surface area contributed by atoms with E-state index in [1.165, 1.54) is 0 Å². The zero-order chi connectivity index (χ0) is 15.6. The second-order valence-electron chi connectivity index (χ2n) is 5.99. The van der Waals surface area contributed by atoms with Crippen LogP contribution in [0.5, 0.6) is 5.75 Å². The predicted molar refractivity (Wildman–Crippen MR) is 81.5 cm³/mol. The van der Waals surface area contributed by atoms with Gasteiger partial charge in [0.2, 0.25) is 0 Å². The molecule has 0 spiro atoms. The van der Waals surface area contributed by atoms with Crippen molar-refractivity contribution in [2.45, 2.75) is 0 Å². The number of hydrogen-bond donors (Lipinski definition) is 3. The van der Waals surface area contributed by atoms with Crippen LogP contribution >= 0.6 is 0 Å². The van der Waals surface area contributed by atoms with E-state index in [-0.39, 0.29) is 11.3 Å². The van der Waals surface area contributed by atoms with E-state index in [4.69, 9.17) is 0 Å². The first kappa shape index (κ1) is 15.1. The summed E-state index contributed by atoms with van der Waals surface area (Å²) in [6.07, 6.45) is 0. The molecule has 112 valence electrons. The van der Waals surface area contributed by atoms with Crippen LogP contribution in [-0.2, 0) is 0 Å². The number of aromatic amines is 1. The fourth-order valence-corrected chi connectivity index (χ4v) is 2.03. The number of amides is 1.